The van der Waals surface area contributed by atoms with E-state index < -0.39 is 0 Å². The van der Waals surface area contributed by atoms with Crippen molar-refractivity contribution in [2.45, 2.75) is 44.7 Å². The van der Waals surface area contributed by atoms with Crippen molar-refractivity contribution in [3.63, 3.8) is 0 Å². The summed E-state index contributed by atoms with van der Waals surface area (Å²) >= 11 is 0. The lowest BCUT2D eigenvalue weighted by molar-refractivity contribution is -0.128. The molecule has 7 heteroatoms. The molecule has 2 saturated carbocycles. The number of benzene rings is 1. The molecule has 2 aliphatic carbocycles. The van der Waals surface area contributed by atoms with Gasteiger partial charge in [0.2, 0.25) is 5.91 Å². The molecule has 0 aliphatic heterocycles. The summed E-state index contributed by atoms with van der Waals surface area (Å²) < 4.78 is 5.77. The van der Waals surface area contributed by atoms with E-state index in [1.165, 1.54) is 19.3 Å². The van der Waals surface area contributed by atoms with Gasteiger partial charge >= 0.3 is 0 Å². The molecule has 2 aliphatic rings. The van der Waals surface area contributed by atoms with Crippen molar-refractivity contribution in [3.8, 4) is 5.75 Å². The van der Waals surface area contributed by atoms with Crippen LogP contribution >= 0.6 is 24.8 Å². The number of hydrogen-bond donors (Lipinski definition) is 2. The Morgan fingerprint density at radius 2 is 1.89 bits per heavy atom. The molecule has 0 aromatic heterocycles. The van der Waals surface area contributed by atoms with Gasteiger partial charge in [0.15, 0.2) is 0 Å². The van der Waals surface area contributed by atoms with Crippen LogP contribution in [0.5, 0.6) is 5.75 Å². The molecular formula is C21H35Cl2N3O2. The normalized spacial score (nSPS) is 26.0. The van der Waals surface area contributed by atoms with Crippen molar-refractivity contribution < 1.29 is 9.53 Å². The van der Waals surface area contributed by atoms with Crippen molar-refractivity contribution in [1.82, 2.24) is 10.2 Å². The topological polar surface area (TPSA) is 67.6 Å². The third-order valence-electron chi connectivity index (χ3n) is 5.96. The molecule has 1 aromatic rings. The predicted molar refractivity (Wildman–Crippen MR) is 118 cm³/mol. The highest BCUT2D eigenvalue weighted by molar-refractivity contribution is 5.85. The van der Waals surface area contributed by atoms with Gasteiger partial charge in [0.25, 0.3) is 0 Å². The number of likely N-dealkylation sites (N-methyl/N-ethyl adjacent to an activating group) is 1. The van der Waals surface area contributed by atoms with Crippen LogP contribution in [0.4, 0.5) is 0 Å². The number of nitrogens with zero attached hydrogens (tertiary/aromatic N) is 1. The summed E-state index contributed by atoms with van der Waals surface area (Å²) in [7, 11) is 4.06. The first kappa shape index (κ1) is 25.0. The predicted octanol–water partition coefficient (Wildman–Crippen LogP) is 3.24. The van der Waals surface area contributed by atoms with Gasteiger partial charge in [-0.1, -0.05) is 18.6 Å². The summed E-state index contributed by atoms with van der Waals surface area (Å²) in [5, 5.41) is 3.13. The maximum absolute atomic E-state index is 12.7. The number of hydrogen-bond acceptors (Lipinski definition) is 4. The number of nitrogens with two attached hydrogens (primary N) is 1. The smallest absolute Gasteiger partial charge is 0.223 e. The minimum Gasteiger partial charge on any atom is -0.492 e. The van der Waals surface area contributed by atoms with Gasteiger partial charge in [-0.25, -0.2) is 0 Å². The molecule has 3 rings (SSSR count). The Balaban J connectivity index is 0.00000196. The fourth-order valence-electron chi connectivity index (χ4n) is 4.43. The molecule has 160 valence electrons. The highest BCUT2D eigenvalue weighted by Crippen LogP contribution is 2.41. The lowest BCUT2D eigenvalue weighted by atomic mass is 9.65. The van der Waals surface area contributed by atoms with Crippen LogP contribution in [0.2, 0.25) is 0 Å². The molecule has 2 unspecified atom stereocenters. The van der Waals surface area contributed by atoms with Gasteiger partial charge in [0.1, 0.15) is 12.4 Å². The maximum Gasteiger partial charge on any atom is 0.223 e. The number of ether oxygens (including phenoxy) is 1. The van der Waals surface area contributed by atoms with Crippen LogP contribution in [-0.2, 0) is 11.3 Å². The van der Waals surface area contributed by atoms with Crippen LogP contribution in [0, 0.1) is 17.8 Å². The highest BCUT2D eigenvalue weighted by Gasteiger charge is 2.40. The summed E-state index contributed by atoms with van der Waals surface area (Å²) in [6.07, 6.45) is 5.56. The Labute approximate surface area is 181 Å². The van der Waals surface area contributed by atoms with E-state index in [1.807, 2.05) is 38.4 Å². The van der Waals surface area contributed by atoms with E-state index in [2.05, 4.69) is 10.2 Å². The first-order valence-corrected chi connectivity index (χ1v) is 9.92. The van der Waals surface area contributed by atoms with E-state index in [0.717, 1.165) is 30.7 Å². The van der Waals surface area contributed by atoms with Crippen LogP contribution in [0.3, 0.4) is 0 Å². The average Bonchev–Trinajstić information content (AvgIpc) is 2.59. The molecule has 0 saturated heterocycles. The number of amides is 1. The quantitative estimate of drug-likeness (QED) is 0.694. The zero-order valence-corrected chi connectivity index (χ0v) is 18.6. The van der Waals surface area contributed by atoms with Crippen molar-refractivity contribution in [2.24, 2.45) is 23.5 Å². The number of nitrogens with one attached hydrogen (secondary N) is 1. The number of rotatable bonds is 7. The van der Waals surface area contributed by atoms with Crippen LogP contribution in [-0.4, -0.2) is 44.1 Å². The zero-order valence-electron chi connectivity index (χ0n) is 16.9. The third-order valence-corrected chi connectivity index (χ3v) is 5.96. The van der Waals surface area contributed by atoms with Crippen LogP contribution in [0.1, 0.15) is 37.7 Å². The molecule has 3 N–H and O–H groups in total. The average molecular weight is 432 g/mol. The van der Waals surface area contributed by atoms with Gasteiger partial charge in [0.05, 0.1) is 0 Å². The van der Waals surface area contributed by atoms with Crippen molar-refractivity contribution in [3.05, 3.63) is 29.8 Å². The SMILES string of the molecule is CN(C)CCOc1cccc(CNC(=O)C2CC3CCCC(C2)C3N)c1.Cl.Cl. The second-order valence-electron chi connectivity index (χ2n) is 8.21. The molecule has 28 heavy (non-hydrogen) atoms. The summed E-state index contributed by atoms with van der Waals surface area (Å²) in [6, 6.07) is 8.30. The summed E-state index contributed by atoms with van der Waals surface area (Å²) in [6.45, 7) is 2.10. The zero-order chi connectivity index (χ0) is 18.5. The van der Waals surface area contributed by atoms with Crippen LogP contribution in [0.15, 0.2) is 24.3 Å². The Hall–Kier alpha value is -1.01. The van der Waals surface area contributed by atoms with E-state index in [4.69, 9.17) is 10.5 Å². The summed E-state index contributed by atoms with van der Waals surface area (Å²) in [5.74, 6) is 2.24. The molecule has 0 radical (unpaired) electrons. The second kappa shape index (κ2) is 11.9. The fourth-order valence-corrected chi connectivity index (χ4v) is 4.43. The summed E-state index contributed by atoms with van der Waals surface area (Å²) in [5.41, 5.74) is 7.42. The van der Waals surface area contributed by atoms with E-state index in [-0.39, 0.29) is 36.6 Å². The molecule has 5 nitrogen and oxygen atoms in total. The van der Waals surface area contributed by atoms with Gasteiger partial charge < -0.3 is 20.7 Å². The van der Waals surface area contributed by atoms with E-state index in [0.29, 0.717) is 31.0 Å². The highest BCUT2D eigenvalue weighted by atomic mass is 35.5. The molecule has 0 spiro atoms. The molecule has 2 bridgehead atoms. The van der Waals surface area contributed by atoms with Gasteiger partial charge in [-0.15, -0.1) is 24.8 Å². The Morgan fingerprint density at radius 1 is 1.21 bits per heavy atom. The largest absolute Gasteiger partial charge is 0.492 e. The Kier molecular flexibility index (Phi) is 10.6. The molecule has 0 heterocycles. The first-order valence-electron chi connectivity index (χ1n) is 9.92. The second-order valence-corrected chi connectivity index (χ2v) is 8.21. The van der Waals surface area contributed by atoms with Crippen LogP contribution in [0.25, 0.3) is 0 Å². The Morgan fingerprint density at radius 3 is 2.54 bits per heavy atom. The monoisotopic (exact) mass is 431 g/mol. The van der Waals surface area contributed by atoms with Crippen molar-refractivity contribution in [1.29, 1.82) is 0 Å². The van der Waals surface area contributed by atoms with Gasteiger partial charge in [-0.3, -0.25) is 4.79 Å². The minimum atomic E-state index is 0. The van der Waals surface area contributed by atoms with Gasteiger partial charge in [-0.2, -0.15) is 0 Å². The molecule has 1 amide bonds. The van der Waals surface area contributed by atoms with E-state index >= 15 is 0 Å². The third kappa shape index (κ3) is 6.80. The molecular weight excluding hydrogens is 397 g/mol. The maximum atomic E-state index is 12.7. The number of fused-ring (bicyclic) bond motifs is 2. The van der Waals surface area contributed by atoms with Crippen molar-refractivity contribution >= 4 is 30.7 Å². The number of carbonyl (C=O) groups excluding carboxylic acids is 1. The number of halogens is 2. The number of carbonyl (C=O) groups is 1. The molecule has 2 fully saturated rings. The molecule has 2 atom stereocenters. The van der Waals surface area contributed by atoms with Crippen molar-refractivity contribution in [2.75, 3.05) is 27.2 Å². The van der Waals surface area contributed by atoms with Gasteiger partial charge in [0, 0.05) is 25.0 Å². The van der Waals surface area contributed by atoms with E-state index in [1.54, 1.807) is 0 Å². The molecule has 1 aromatic carbocycles. The van der Waals surface area contributed by atoms with Crippen LogP contribution < -0.4 is 15.8 Å². The standard InChI is InChI=1S/C21H33N3O2.2ClH/c1-24(2)9-10-26-19-8-3-5-15(11-19)14-23-21(25)18-12-16-6-4-7-17(13-18)20(16)22;;/h3,5,8,11,16-18,20H,4,6-7,9-10,12-14,22H2,1-2H3,(H,23,25);2*1H. The first-order chi connectivity index (χ1) is 12.5. The summed E-state index contributed by atoms with van der Waals surface area (Å²) in [4.78, 5) is 14.7. The fraction of sp³-hybridized carbons (Fsp3) is 0.667. The lowest BCUT2D eigenvalue weighted by Gasteiger charge is -2.43. The minimum absolute atomic E-state index is 0. The Bertz CT molecular complexity index is 601. The lowest BCUT2D eigenvalue weighted by Crippen LogP contribution is -2.49. The van der Waals surface area contributed by atoms with Gasteiger partial charge in [-0.05, 0) is 69.3 Å². The van der Waals surface area contributed by atoms with E-state index in [9.17, 15) is 4.79 Å².